The monoisotopic (exact) mass is 434 g/mol. The van der Waals surface area contributed by atoms with E-state index in [2.05, 4.69) is 21.2 Å². The summed E-state index contributed by atoms with van der Waals surface area (Å²) in [5.74, 6) is 0.422. The van der Waals surface area contributed by atoms with E-state index in [1.165, 1.54) is 12.0 Å². The molecule has 0 fully saturated rings. The van der Waals surface area contributed by atoms with Crippen LogP contribution in [0.15, 0.2) is 40.9 Å². The number of benzene rings is 2. The normalized spacial score (nSPS) is 10.3. The lowest BCUT2D eigenvalue weighted by Gasteiger charge is -2.19. The molecule has 2 amide bonds. The summed E-state index contributed by atoms with van der Waals surface area (Å²) in [6.45, 7) is 4.24. The highest BCUT2D eigenvalue weighted by Crippen LogP contribution is 2.36. The summed E-state index contributed by atoms with van der Waals surface area (Å²) < 4.78 is 11.5. The number of anilines is 1. The summed E-state index contributed by atoms with van der Waals surface area (Å²) in [6, 6.07) is 10.7. The maximum atomic E-state index is 12.7. The fraction of sp³-hybridized carbons (Fsp3) is 0.300. The molecule has 0 saturated heterocycles. The van der Waals surface area contributed by atoms with Crippen LogP contribution in [0.1, 0.15) is 22.8 Å². The van der Waals surface area contributed by atoms with Crippen molar-refractivity contribution in [2.45, 2.75) is 13.8 Å². The second-order valence-electron chi connectivity index (χ2n) is 6.00. The van der Waals surface area contributed by atoms with Gasteiger partial charge in [-0.3, -0.25) is 9.59 Å². The molecule has 0 spiro atoms. The smallest absolute Gasteiger partial charge is 0.254 e. The minimum absolute atomic E-state index is 0.0696. The molecule has 144 valence electrons. The average Bonchev–Trinajstić information content (AvgIpc) is 2.64. The van der Waals surface area contributed by atoms with Gasteiger partial charge in [0.2, 0.25) is 5.91 Å². The Morgan fingerprint density at radius 2 is 1.85 bits per heavy atom. The lowest BCUT2D eigenvalue weighted by Crippen LogP contribution is -2.35. The Labute approximate surface area is 167 Å². The molecule has 0 aliphatic rings. The molecule has 2 aromatic rings. The van der Waals surface area contributed by atoms with E-state index in [1.54, 1.807) is 19.2 Å². The number of carbonyl (C=O) groups is 2. The Morgan fingerprint density at radius 1 is 1.19 bits per heavy atom. The quantitative estimate of drug-likeness (QED) is 0.717. The van der Waals surface area contributed by atoms with Crippen LogP contribution in [-0.2, 0) is 4.79 Å². The van der Waals surface area contributed by atoms with E-state index in [0.29, 0.717) is 33.8 Å². The lowest BCUT2D eigenvalue weighted by molar-refractivity contribution is -0.116. The summed E-state index contributed by atoms with van der Waals surface area (Å²) in [5, 5.41) is 2.78. The molecule has 0 radical (unpaired) electrons. The van der Waals surface area contributed by atoms with Gasteiger partial charge >= 0.3 is 0 Å². The average molecular weight is 435 g/mol. The highest BCUT2D eigenvalue weighted by atomic mass is 79.9. The lowest BCUT2D eigenvalue weighted by atomic mass is 10.1. The zero-order chi connectivity index (χ0) is 20.0. The molecule has 0 unspecified atom stereocenters. The molecule has 6 nitrogen and oxygen atoms in total. The Balaban J connectivity index is 2.08. The van der Waals surface area contributed by atoms with Gasteiger partial charge in [0.15, 0.2) is 11.5 Å². The Kier molecular flexibility index (Phi) is 7.24. The van der Waals surface area contributed by atoms with E-state index in [9.17, 15) is 9.59 Å². The third kappa shape index (κ3) is 5.47. The van der Waals surface area contributed by atoms with Gasteiger partial charge in [0.25, 0.3) is 5.91 Å². The zero-order valence-corrected chi connectivity index (χ0v) is 17.4. The largest absolute Gasteiger partial charge is 0.493 e. The van der Waals surface area contributed by atoms with Crippen molar-refractivity contribution in [3.8, 4) is 11.5 Å². The van der Waals surface area contributed by atoms with Crippen molar-refractivity contribution >= 4 is 33.4 Å². The number of halogens is 1. The summed E-state index contributed by atoms with van der Waals surface area (Å²) >= 11 is 3.40. The fourth-order valence-corrected chi connectivity index (χ4v) is 3.03. The summed E-state index contributed by atoms with van der Waals surface area (Å²) in [6.07, 6.45) is 0. The Hall–Kier alpha value is -2.54. The molecule has 0 bridgehead atoms. The SMILES string of the molecule is CCOc1c(Br)cc(C(=O)N(C)CC(=O)Nc2ccc(C)cc2)cc1OC. The van der Waals surface area contributed by atoms with Crippen LogP contribution in [0, 0.1) is 6.92 Å². The van der Waals surface area contributed by atoms with Crippen LogP contribution in [0.25, 0.3) is 0 Å². The number of ether oxygens (including phenoxy) is 2. The number of carbonyl (C=O) groups excluding carboxylic acids is 2. The van der Waals surface area contributed by atoms with Gasteiger partial charge in [-0.25, -0.2) is 0 Å². The number of hydrogen-bond acceptors (Lipinski definition) is 4. The number of nitrogens with zero attached hydrogens (tertiary/aromatic N) is 1. The number of rotatable bonds is 7. The van der Waals surface area contributed by atoms with Crippen LogP contribution >= 0.6 is 15.9 Å². The van der Waals surface area contributed by atoms with Crippen molar-refractivity contribution in [2.75, 3.05) is 32.6 Å². The van der Waals surface area contributed by atoms with Crippen LogP contribution in [0.5, 0.6) is 11.5 Å². The minimum atomic E-state index is -0.295. The Morgan fingerprint density at radius 3 is 2.44 bits per heavy atom. The molecule has 0 heterocycles. The second-order valence-corrected chi connectivity index (χ2v) is 6.85. The van der Waals surface area contributed by atoms with Gasteiger partial charge in [-0.05, 0) is 54.0 Å². The highest BCUT2D eigenvalue weighted by molar-refractivity contribution is 9.10. The third-order valence-corrected chi connectivity index (χ3v) is 4.42. The first-order valence-electron chi connectivity index (χ1n) is 8.48. The van der Waals surface area contributed by atoms with Crippen LogP contribution in [-0.4, -0.2) is 44.0 Å². The maximum Gasteiger partial charge on any atom is 0.254 e. The van der Waals surface area contributed by atoms with Crippen LogP contribution in [0.4, 0.5) is 5.69 Å². The van der Waals surface area contributed by atoms with E-state index in [-0.39, 0.29) is 18.4 Å². The van der Waals surface area contributed by atoms with Crippen molar-refractivity contribution in [3.63, 3.8) is 0 Å². The standard InChI is InChI=1S/C20H23BrN2O4/c1-5-27-19-16(21)10-14(11-17(19)26-4)20(25)23(3)12-18(24)22-15-8-6-13(2)7-9-15/h6-11H,5,12H2,1-4H3,(H,22,24). The van der Waals surface area contributed by atoms with Gasteiger partial charge < -0.3 is 19.7 Å². The van der Waals surface area contributed by atoms with E-state index in [0.717, 1.165) is 5.56 Å². The van der Waals surface area contributed by atoms with Crippen molar-refractivity contribution < 1.29 is 19.1 Å². The number of nitrogens with one attached hydrogen (secondary N) is 1. The molecule has 2 aromatic carbocycles. The highest BCUT2D eigenvalue weighted by Gasteiger charge is 2.19. The van der Waals surface area contributed by atoms with Gasteiger partial charge in [-0.1, -0.05) is 17.7 Å². The van der Waals surface area contributed by atoms with Crippen molar-refractivity contribution in [3.05, 3.63) is 52.0 Å². The van der Waals surface area contributed by atoms with Crippen molar-refractivity contribution in [2.24, 2.45) is 0 Å². The third-order valence-electron chi connectivity index (χ3n) is 3.83. The number of amides is 2. The molecule has 0 saturated carbocycles. The minimum Gasteiger partial charge on any atom is -0.493 e. The topological polar surface area (TPSA) is 67.9 Å². The summed E-state index contributed by atoms with van der Waals surface area (Å²) in [5.41, 5.74) is 2.19. The van der Waals surface area contributed by atoms with Crippen LogP contribution < -0.4 is 14.8 Å². The van der Waals surface area contributed by atoms with Gasteiger partial charge in [0.05, 0.1) is 24.7 Å². The molecule has 7 heteroatoms. The van der Waals surface area contributed by atoms with E-state index in [1.807, 2.05) is 38.1 Å². The van der Waals surface area contributed by atoms with Gasteiger partial charge in [-0.15, -0.1) is 0 Å². The molecule has 0 atom stereocenters. The van der Waals surface area contributed by atoms with Gasteiger partial charge in [0, 0.05) is 18.3 Å². The predicted molar refractivity (Wildman–Crippen MR) is 109 cm³/mol. The number of aryl methyl sites for hydroxylation is 1. The number of likely N-dealkylation sites (N-methyl/N-ethyl adjacent to an activating group) is 1. The molecular weight excluding hydrogens is 412 g/mol. The first kappa shape index (κ1) is 20.8. The van der Waals surface area contributed by atoms with Gasteiger partial charge in [-0.2, -0.15) is 0 Å². The summed E-state index contributed by atoms with van der Waals surface area (Å²) in [7, 11) is 3.09. The second kappa shape index (κ2) is 9.41. The van der Waals surface area contributed by atoms with Gasteiger partial charge in [0.1, 0.15) is 0 Å². The molecule has 1 N–H and O–H groups in total. The molecule has 0 aliphatic carbocycles. The first-order chi connectivity index (χ1) is 12.8. The molecule has 27 heavy (non-hydrogen) atoms. The fourth-order valence-electron chi connectivity index (χ4n) is 2.47. The predicted octanol–water partition coefficient (Wildman–Crippen LogP) is 3.88. The van der Waals surface area contributed by atoms with Crippen LogP contribution in [0.3, 0.4) is 0 Å². The number of hydrogen-bond donors (Lipinski definition) is 1. The maximum absolute atomic E-state index is 12.7. The van der Waals surface area contributed by atoms with Crippen molar-refractivity contribution in [1.29, 1.82) is 0 Å². The number of methoxy groups -OCH3 is 1. The molecule has 2 rings (SSSR count). The van der Waals surface area contributed by atoms with E-state index >= 15 is 0 Å². The van der Waals surface area contributed by atoms with E-state index < -0.39 is 0 Å². The Bertz CT molecular complexity index is 821. The van der Waals surface area contributed by atoms with Crippen molar-refractivity contribution in [1.82, 2.24) is 4.90 Å². The zero-order valence-electron chi connectivity index (χ0n) is 15.8. The van der Waals surface area contributed by atoms with Crippen LogP contribution in [0.2, 0.25) is 0 Å². The molecule has 0 aliphatic heterocycles. The van der Waals surface area contributed by atoms with E-state index in [4.69, 9.17) is 9.47 Å². The summed E-state index contributed by atoms with van der Waals surface area (Å²) in [4.78, 5) is 26.3. The molecular formula is C20H23BrN2O4. The first-order valence-corrected chi connectivity index (χ1v) is 9.27. The molecule has 0 aromatic heterocycles.